The normalized spacial score (nSPS) is 13.9. The summed E-state index contributed by atoms with van der Waals surface area (Å²) in [5, 5.41) is 33.2. The first kappa shape index (κ1) is 31.0. The molecule has 17 nitrogen and oxygen atoms in total. The molecule has 198 valence electrons. The lowest BCUT2D eigenvalue weighted by molar-refractivity contribution is -0.144. The van der Waals surface area contributed by atoms with Crippen LogP contribution in [0.1, 0.15) is 32.1 Å². The molecule has 0 aliphatic rings. The Morgan fingerprint density at radius 1 is 0.800 bits per heavy atom. The number of carboxylic acids is 2. The zero-order valence-corrected chi connectivity index (χ0v) is 18.8. The van der Waals surface area contributed by atoms with Crippen molar-refractivity contribution in [2.45, 2.75) is 56.3 Å². The molecular weight excluding hydrogens is 472 g/mol. The Kier molecular flexibility index (Phi) is 14.0. The maximum atomic E-state index is 12.7. The van der Waals surface area contributed by atoms with Crippen molar-refractivity contribution in [3.63, 3.8) is 0 Å². The number of rotatable bonds is 17. The Morgan fingerprint density at radius 3 is 1.83 bits per heavy atom. The first-order valence-electron chi connectivity index (χ1n) is 10.3. The van der Waals surface area contributed by atoms with Gasteiger partial charge in [-0.3, -0.25) is 29.0 Å². The number of carbonyl (C=O) groups is 6. The van der Waals surface area contributed by atoms with Crippen molar-refractivity contribution in [1.82, 2.24) is 16.0 Å². The van der Waals surface area contributed by atoms with Gasteiger partial charge in [-0.2, -0.15) is 0 Å². The zero-order valence-electron chi connectivity index (χ0n) is 18.8. The van der Waals surface area contributed by atoms with E-state index in [-0.39, 0.29) is 18.9 Å². The van der Waals surface area contributed by atoms with Gasteiger partial charge in [-0.1, -0.05) is 0 Å². The summed E-state index contributed by atoms with van der Waals surface area (Å²) < 4.78 is 0. The fraction of sp³-hybridized carbons (Fsp3) is 0.611. The van der Waals surface area contributed by atoms with Gasteiger partial charge in [0.05, 0.1) is 19.1 Å². The molecule has 14 N–H and O–H groups in total. The monoisotopic (exact) mass is 504 g/mol. The molecule has 17 heteroatoms. The number of nitrogens with two attached hydrogens (primary N) is 4. The van der Waals surface area contributed by atoms with E-state index in [0.29, 0.717) is 6.42 Å². The second kappa shape index (κ2) is 15.8. The summed E-state index contributed by atoms with van der Waals surface area (Å²) in [6, 6.07) is -5.98. The molecule has 35 heavy (non-hydrogen) atoms. The lowest BCUT2D eigenvalue weighted by Crippen LogP contribution is -2.58. The number of aliphatic imine (C=N–C) groups is 1. The molecule has 0 rings (SSSR count). The number of aliphatic hydroxyl groups excluding tert-OH is 1. The molecular formula is C18H32N8O9. The molecule has 0 bridgehead atoms. The number of hydrogen-bond donors (Lipinski definition) is 10. The van der Waals surface area contributed by atoms with Crippen molar-refractivity contribution < 1.29 is 44.1 Å². The minimum atomic E-state index is -1.72. The molecule has 0 aromatic carbocycles. The first-order valence-corrected chi connectivity index (χ1v) is 10.3. The van der Waals surface area contributed by atoms with Gasteiger partial charge in [0.1, 0.15) is 18.1 Å². The first-order chi connectivity index (χ1) is 16.3. The molecule has 0 aromatic heterocycles. The summed E-state index contributed by atoms with van der Waals surface area (Å²) in [6.07, 6.45) is -1.30. The van der Waals surface area contributed by atoms with Crippen molar-refractivity contribution in [1.29, 1.82) is 0 Å². The molecule has 0 saturated heterocycles. The average Bonchev–Trinajstić information content (AvgIpc) is 2.75. The van der Waals surface area contributed by atoms with Gasteiger partial charge < -0.3 is 54.2 Å². The minimum absolute atomic E-state index is 0.120. The molecule has 4 atom stereocenters. The quantitative estimate of drug-likeness (QED) is 0.0504. The summed E-state index contributed by atoms with van der Waals surface area (Å²) in [6.45, 7) is -0.776. The van der Waals surface area contributed by atoms with Crippen LogP contribution in [0.3, 0.4) is 0 Å². The maximum Gasteiger partial charge on any atom is 0.328 e. The number of aliphatic hydroxyl groups is 1. The van der Waals surface area contributed by atoms with Crippen LogP contribution in [0.4, 0.5) is 0 Å². The van der Waals surface area contributed by atoms with Crippen molar-refractivity contribution in [2.24, 2.45) is 27.9 Å². The van der Waals surface area contributed by atoms with Crippen molar-refractivity contribution in [2.75, 3.05) is 13.2 Å². The van der Waals surface area contributed by atoms with E-state index in [1.54, 1.807) is 0 Å². The van der Waals surface area contributed by atoms with Gasteiger partial charge in [-0.15, -0.1) is 0 Å². The standard InChI is InChI=1S/C18H32N8O9/c19-8(2-1-5-23-18(21)22)14(31)25-10(6-12(20)28)16(33)24-9(3-4-13(29)30)15(32)26-11(7-27)17(34)35/h8-11,27H,1-7,19H2,(H2,20,28)(H,24,33)(H,25,31)(H,26,32)(H,29,30)(H,34,35)(H4,21,22,23). The van der Waals surface area contributed by atoms with E-state index in [0.717, 1.165) is 0 Å². The molecule has 0 saturated carbocycles. The number of guanidine groups is 1. The Morgan fingerprint density at radius 2 is 1.34 bits per heavy atom. The second-order valence-corrected chi connectivity index (χ2v) is 7.36. The largest absolute Gasteiger partial charge is 0.481 e. The summed E-state index contributed by atoms with van der Waals surface area (Å²) in [7, 11) is 0. The molecule has 0 aromatic rings. The van der Waals surface area contributed by atoms with Gasteiger partial charge in [0.25, 0.3) is 0 Å². The van der Waals surface area contributed by atoms with Crippen molar-refractivity contribution >= 4 is 41.5 Å². The zero-order chi connectivity index (χ0) is 27.1. The Hall–Kier alpha value is -3.99. The van der Waals surface area contributed by atoms with Gasteiger partial charge in [0, 0.05) is 13.0 Å². The lowest BCUT2D eigenvalue weighted by Gasteiger charge is -2.24. The van der Waals surface area contributed by atoms with Gasteiger partial charge in [0.2, 0.25) is 23.6 Å². The van der Waals surface area contributed by atoms with E-state index in [1.807, 2.05) is 5.32 Å². The Bertz CT molecular complexity index is 816. The fourth-order valence-electron chi connectivity index (χ4n) is 2.61. The van der Waals surface area contributed by atoms with Crippen LogP contribution in [0.15, 0.2) is 4.99 Å². The number of carbonyl (C=O) groups excluding carboxylic acids is 4. The van der Waals surface area contributed by atoms with E-state index in [2.05, 4.69) is 15.6 Å². The summed E-state index contributed by atoms with van der Waals surface area (Å²) in [4.78, 5) is 74.6. The molecule has 0 fully saturated rings. The van der Waals surface area contributed by atoms with Crippen LogP contribution in [0.2, 0.25) is 0 Å². The van der Waals surface area contributed by atoms with Crippen LogP contribution in [0.25, 0.3) is 0 Å². The van der Waals surface area contributed by atoms with Crippen molar-refractivity contribution in [3.05, 3.63) is 0 Å². The summed E-state index contributed by atoms with van der Waals surface area (Å²) in [5.41, 5.74) is 21.3. The minimum Gasteiger partial charge on any atom is -0.481 e. The predicted molar refractivity (Wildman–Crippen MR) is 119 cm³/mol. The third-order valence-electron chi connectivity index (χ3n) is 4.42. The second-order valence-electron chi connectivity index (χ2n) is 7.36. The van der Waals surface area contributed by atoms with Crippen LogP contribution in [-0.2, 0) is 28.8 Å². The lowest BCUT2D eigenvalue weighted by atomic mass is 10.1. The molecule has 0 spiro atoms. The topological polar surface area (TPSA) is 316 Å². The van der Waals surface area contributed by atoms with Crippen LogP contribution >= 0.6 is 0 Å². The van der Waals surface area contributed by atoms with Crippen LogP contribution in [0, 0.1) is 0 Å². The highest BCUT2D eigenvalue weighted by molar-refractivity contribution is 5.96. The highest BCUT2D eigenvalue weighted by Crippen LogP contribution is 2.03. The van der Waals surface area contributed by atoms with Crippen LogP contribution in [0.5, 0.6) is 0 Å². The number of nitrogens with one attached hydrogen (secondary N) is 3. The van der Waals surface area contributed by atoms with Gasteiger partial charge in [0.15, 0.2) is 5.96 Å². The average molecular weight is 505 g/mol. The van der Waals surface area contributed by atoms with E-state index in [9.17, 15) is 28.8 Å². The fourth-order valence-corrected chi connectivity index (χ4v) is 2.61. The van der Waals surface area contributed by atoms with E-state index in [4.69, 9.17) is 38.3 Å². The predicted octanol–water partition coefficient (Wildman–Crippen LogP) is -5.36. The SMILES string of the molecule is NC(=O)CC(NC(=O)C(N)CCCN=C(N)N)C(=O)NC(CCC(=O)O)C(=O)NC(CO)C(=O)O. The summed E-state index contributed by atoms with van der Waals surface area (Å²) in [5.74, 6) is -7.03. The molecule has 4 unspecified atom stereocenters. The molecule has 0 radical (unpaired) electrons. The van der Waals surface area contributed by atoms with Crippen LogP contribution in [-0.4, -0.2) is 94.2 Å². The van der Waals surface area contributed by atoms with E-state index >= 15 is 0 Å². The number of nitrogens with zero attached hydrogens (tertiary/aromatic N) is 1. The van der Waals surface area contributed by atoms with E-state index < -0.39 is 85.6 Å². The number of hydrogen-bond acceptors (Lipinski definition) is 9. The van der Waals surface area contributed by atoms with Gasteiger partial charge in [-0.25, -0.2) is 4.79 Å². The third-order valence-corrected chi connectivity index (χ3v) is 4.42. The molecule has 0 aliphatic heterocycles. The smallest absolute Gasteiger partial charge is 0.328 e. The third kappa shape index (κ3) is 13.3. The molecule has 0 aliphatic carbocycles. The van der Waals surface area contributed by atoms with Crippen molar-refractivity contribution in [3.8, 4) is 0 Å². The van der Waals surface area contributed by atoms with E-state index in [1.165, 1.54) is 0 Å². The highest BCUT2D eigenvalue weighted by Gasteiger charge is 2.31. The van der Waals surface area contributed by atoms with Gasteiger partial charge >= 0.3 is 11.9 Å². The number of carboxylic acid groups (broad SMARTS) is 2. The molecule has 4 amide bonds. The number of aliphatic carboxylic acids is 2. The number of amides is 4. The van der Waals surface area contributed by atoms with Gasteiger partial charge in [-0.05, 0) is 19.3 Å². The highest BCUT2D eigenvalue weighted by atomic mass is 16.4. The van der Waals surface area contributed by atoms with Crippen LogP contribution < -0.4 is 38.9 Å². The summed E-state index contributed by atoms with van der Waals surface area (Å²) >= 11 is 0. The molecule has 0 heterocycles. The Labute approximate surface area is 199 Å². The Balaban J connectivity index is 5.40. The number of primary amides is 1. The maximum absolute atomic E-state index is 12.7.